The summed E-state index contributed by atoms with van der Waals surface area (Å²) in [6.45, 7) is 2.32. The zero-order valence-corrected chi connectivity index (χ0v) is 23.9. The van der Waals surface area contributed by atoms with Gasteiger partial charge in [0.05, 0.1) is 5.52 Å². The molecule has 0 atom stereocenters. The van der Waals surface area contributed by atoms with Gasteiger partial charge >= 0.3 is 6.03 Å². The van der Waals surface area contributed by atoms with E-state index in [0.29, 0.717) is 41.7 Å². The number of nitrogens with one attached hydrogen (secondary N) is 3. The third kappa shape index (κ3) is 6.45. The summed E-state index contributed by atoms with van der Waals surface area (Å²) in [5.41, 5.74) is 5.30. The Morgan fingerprint density at radius 3 is 2.71 bits per heavy atom. The van der Waals surface area contributed by atoms with E-state index in [1.165, 1.54) is 29.8 Å². The number of unbranched alkanes of at least 4 members (excludes halogenated alkanes) is 1. The first-order valence-electron chi connectivity index (χ1n) is 14.6. The van der Waals surface area contributed by atoms with E-state index in [0.717, 1.165) is 56.0 Å². The van der Waals surface area contributed by atoms with Crippen LogP contribution in [0.1, 0.15) is 56.2 Å². The SMILES string of the molecule is O=C(Nc1ccc2c(c1)OCO2)NC1CCN(C(=O)CCCCNc2c3c(nc4cc(Cl)ccc24)CCCC3)CC1. The van der Waals surface area contributed by atoms with Crippen molar-refractivity contribution in [1.29, 1.82) is 0 Å². The molecule has 0 unspecified atom stereocenters. The average Bonchev–Trinajstić information content (AvgIpc) is 3.44. The topological polar surface area (TPSA) is 105 Å². The molecular weight excluding hydrogens is 542 g/mol. The highest BCUT2D eigenvalue weighted by atomic mass is 35.5. The molecule has 1 saturated heterocycles. The first-order chi connectivity index (χ1) is 20.0. The normalized spacial score (nSPS) is 16.4. The summed E-state index contributed by atoms with van der Waals surface area (Å²) >= 11 is 6.24. The van der Waals surface area contributed by atoms with Gasteiger partial charge < -0.3 is 30.3 Å². The fourth-order valence-corrected chi connectivity index (χ4v) is 6.14. The smallest absolute Gasteiger partial charge is 0.319 e. The number of carbonyl (C=O) groups excluding carboxylic acids is 2. The number of benzene rings is 2. The molecule has 3 aromatic rings. The van der Waals surface area contributed by atoms with Gasteiger partial charge in [-0.05, 0) is 87.3 Å². The third-order valence-corrected chi connectivity index (χ3v) is 8.39. The second-order valence-electron chi connectivity index (χ2n) is 11.0. The molecule has 0 bridgehead atoms. The standard InChI is InChI=1S/C31H36ClN5O4/c32-20-8-10-24-26(17-20)36-25-6-2-1-5-23(25)30(24)33-14-4-3-7-29(38)37-15-12-21(13-16-37)34-31(39)35-22-9-11-27-28(18-22)41-19-40-27/h8-11,17-18,21H,1-7,12-16,19H2,(H,33,36)(H2,34,35,39). The first kappa shape index (κ1) is 27.4. The van der Waals surface area contributed by atoms with E-state index in [2.05, 4.69) is 22.0 Å². The number of hydrogen-bond donors (Lipinski definition) is 3. The number of piperidine rings is 1. The quantitative estimate of drug-likeness (QED) is 0.288. The molecule has 9 nitrogen and oxygen atoms in total. The van der Waals surface area contributed by atoms with E-state index < -0.39 is 0 Å². The number of hydrogen-bond acceptors (Lipinski definition) is 6. The van der Waals surface area contributed by atoms with Crippen molar-refractivity contribution in [2.75, 3.05) is 37.1 Å². The summed E-state index contributed by atoms with van der Waals surface area (Å²) in [5, 5.41) is 11.4. The number of likely N-dealkylation sites (tertiary alicyclic amines) is 1. The van der Waals surface area contributed by atoms with Crippen LogP contribution in [0.4, 0.5) is 16.2 Å². The van der Waals surface area contributed by atoms with Crippen molar-refractivity contribution >= 4 is 45.8 Å². The molecule has 2 aromatic carbocycles. The second-order valence-corrected chi connectivity index (χ2v) is 11.4. The van der Waals surface area contributed by atoms with Gasteiger partial charge in [0.15, 0.2) is 11.5 Å². The Morgan fingerprint density at radius 1 is 1.00 bits per heavy atom. The largest absolute Gasteiger partial charge is 0.454 e. The predicted molar refractivity (Wildman–Crippen MR) is 160 cm³/mol. The summed E-state index contributed by atoms with van der Waals surface area (Å²) in [5.74, 6) is 1.49. The second kappa shape index (κ2) is 12.4. The molecular formula is C31H36ClN5O4. The number of aryl methyl sites for hydroxylation is 1. The maximum absolute atomic E-state index is 12.9. The van der Waals surface area contributed by atoms with Crippen LogP contribution in [0.5, 0.6) is 11.5 Å². The van der Waals surface area contributed by atoms with Crippen molar-refractivity contribution in [2.24, 2.45) is 0 Å². The number of anilines is 2. The fourth-order valence-electron chi connectivity index (χ4n) is 5.97. The molecule has 1 aliphatic carbocycles. The van der Waals surface area contributed by atoms with E-state index in [4.69, 9.17) is 26.1 Å². The molecule has 0 radical (unpaired) electrons. The Labute approximate surface area is 244 Å². The van der Waals surface area contributed by atoms with Gasteiger partial charge in [-0.2, -0.15) is 0 Å². The summed E-state index contributed by atoms with van der Waals surface area (Å²) < 4.78 is 10.7. The van der Waals surface area contributed by atoms with Gasteiger partial charge in [0.2, 0.25) is 12.7 Å². The lowest BCUT2D eigenvalue weighted by Crippen LogP contribution is -2.47. The van der Waals surface area contributed by atoms with Crippen LogP contribution in [-0.2, 0) is 17.6 Å². The van der Waals surface area contributed by atoms with Gasteiger partial charge in [-0.15, -0.1) is 0 Å². The highest BCUT2D eigenvalue weighted by Gasteiger charge is 2.24. The van der Waals surface area contributed by atoms with E-state index in [1.807, 2.05) is 17.0 Å². The van der Waals surface area contributed by atoms with Crippen LogP contribution in [0.3, 0.4) is 0 Å². The van der Waals surface area contributed by atoms with Crippen LogP contribution in [0.25, 0.3) is 10.9 Å². The lowest BCUT2D eigenvalue weighted by molar-refractivity contribution is -0.132. The summed E-state index contributed by atoms with van der Waals surface area (Å²) in [6.07, 6.45) is 8.19. The van der Waals surface area contributed by atoms with Crippen LogP contribution >= 0.6 is 11.6 Å². The highest BCUT2D eigenvalue weighted by molar-refractivity contribution is 6.31. The van der Waals surface area contributed by atoms with Crippen molar-refractivity contribution in [2.45, 2.75) is 63.8 Å². The number of aromatic nitrogens is 1. The number of carbonyl (C=O) groups is 2. The number of nitrogens with zero attached hydrogens (tertiary/aromatic N) is 2. The zero-order chi connectivity index (χ0) is 28.2. The number of rotatable bonds is 8. The van der Waals surface area contributed by atoms with Crippen molar-refractivity contribution in [3.05, 3.63) is 52.7 Å². The van der Waals surface area contributed by atoms with E-state index in [1.54, 1.807) is 18.2 Å². The molecule has 6 rings (SSSR count). The van der Waals surface area contributed by atoms with E-state index in [9.17, 15) is 9.59 Å². The van der Waals surface area contributed by atoms with Gasteiger partial charge in [-0.3, -0.25) is 9.78 Å². The molecule has 0 saturated carbocycles. The van der Waals surface area contributed by atoms with Crippen LogP contribution < -0.4 is 25.4 Å². The van der Waals surface area contributed by atoms with Crippen molar-refractivity contribution in [3.63, 3.8) is 0 Å². The maximum atomic E-state index is 12.9. The Balaban J connectivity index is 0.924. The van der Waals surface area contributed by atoms with E-state index >= 15 is 0 Å². The number of pyridine rings is 1. The minimum atomic E-state index is -0.257. The van der Waals surface area contributed by atoms with Crippen molar-refractivity contribution < 1.29 is 19.1 Å². The predicted octanol–water partition coefficient (Wildman–Crippen LogP) is 5.89. The minimum absolute atomic E-state index is 0.0354. The van der Waals surface area contributed by atoms with Crippen molar-refractivity contribution in [3.8, 4) is 11.5 Å². The Hall–Kier alpha value is -3.72. The lowest BCUT2D eigenvalue weighted by atomic mass is 9.92. The van der Waals surface area contributed by atoms with E-state index in [-0.39, 0.29) is 24.8 Å². The van der Waals surface area contributed by atoms with Gasteiger partial charge in [0.1, 0.15) is 0 Å². The van der Waals surface area contributed by atoms with Crippen LogP contribution in [0.15, 0.2) is 36.4 Å². The number of fused-ring (bicyclic) bond motifs is 3. The summed E-state index contributed by atoms with van der Waals surface area (Å²) in [7, 11) is 0. The molecule has 1 aromatic heterocycles. The Morgan fingerprint density at radius 2 is 1.83 bits per heavy atom. The summed E-state index contributed by atoms with van der Waals surface area (Å²) in [6, 6.07) is 11.0. The number of ether oxygens (including phenoxy) is 2. The molecule has 3 N–H and O–H groups in total. The van der Waals surface area contributed by atoms with Crippen LogP contribution in [-0.4, -0.2) is 54.3 Å². The maximum Gasteiger partial charge on any atom is 0.319 e. The summed E-state index contributed by atoms with van der Waals surface area (Å²) in [4.78, 5) is 32.2. The average molecular weight is 578 g/mol. The minimum Gasteiger partial charge on any atom is -0.454 e. The lowest BCUT2D eigenvalue weighted by Gasteiger charge is -2.32. The molecule has 2 aliphatic heterocycles. The van der Waals surface area contributed by atoms with Crippen LogP contribution in [0.2, 0.25) is 5.02 Å². The van der Waals surface area contributed by atoms with Gasteiger partial charge in [0.25, 0.3) is 0 Å². The van der Waals surface area contributed by atoms with Gasteiger partial charge in [0, 0.05) is 65.6 Å². The molecule has 41 heavy (non-hydrogen) atoms. The number of halogens is 1. The molecule has 10 heteroatoms. The Bertz CT molecular complexity index is 1440. The first-order valence-corrected chi connectivity index (χ1v) is 15.0. The molecule has 0 spiro atoms. The van der Waals surface area contributed by atoms with Crippen LogP contribution in [0, 0.1) is 0 Å². The van der Waals surface area contributed by atoms with Crippen molar-refractivity contribution in [1.82, 2.24) is 15.2 Å². The van der Waals surface area contributed by atoms with Gasteiger partial charge in [-0.25, -0.2) is 4.79 Å². The Kier molecular flexibility index (Phi) is 8.32. The zero-order valence-electron chi connectivity index (χ0n) is 23.1. The third-order valence-electron chi connectivity index (χ3n) is 8.16. The fraction of sp³-hybridized carbons (Fsp3) is 0.452. The number of urea groups is 1. The number of amides is 3. The molecule has 3 amide bonds. The molecule has 216 valence electrons. The molecule has 3 heterocycles. The highest BCUT2D eigenvalue weighted by Crippen LogP contribution is 2.35. The van der Waals surface area contributed by atoms with Gasteiger partial charge in [-0.1, -0.05) is 11.6 Å². The molecule has 1 fully saturated rings. The monoisotopic (exact) mass is 577 g/mol. The molecule has 3 aliphatic rings.